The van der Waals surface area contributed by atoms with E-state index < -0.39 is 0 Å². The van der Waals surface area contributed by atoms with E-state index >= 15 is 0 Å². The molecule has 1 aliphatic heterocycles. The van der Waals surface area contributed by atoms with Gasteiger partial charge in [-0.1, -0.05) is 152 Å². The second kappa shape index (κ2) is 11.3. The summed E-state index contributed by atoms with van der Waals surface area (Å²) in [6.07, 6.45) is 0. The Morgan fingerprint density at radius 2 is 0.872 bits per heavy atom. The summed E-state index contributed by atoms with van der Waals surface area (Å²) in [6, 6.07) is 52.4. The fourth-order valence-electron chi connectivity index (χ4n) is 5.50. The quantitative estimate of drug-likeness (QED) is 0.248. The predicted molar refractivity (Wildman–Crippen MR) is 162 cm³/mol. The number of rotatable bonds is 6. The fourth-order valence-corrected chi connectivity index (χ4v) is 5.50. The zero-order chi connectivity index (χ0) is 26.4. The Morgan fingerprint density at radius 1 is 0.462 bits per heavy atom. The van der Waals surface area contributed by atoms with E-state index in [-0.39, 0.29) is 12.5 Å². The molecular formula is C37H29NO. The largest absolute Gasteiger partial charge is 0.390 e. The molecule has 2 nitrogen and oxygen atoms in total. The van der Waals surface area contributed by atoms with E-state index in [1.807, 2.05) is 30.3 Å². The van der Waals surface area contributed by atoms with Crippen molar-refractivity contribution in [1.82, 2.24) is 0 Å². The monoisotopic (exact) mass is 503 g/mol. The van der Waals surface area contributed by atoms with Crippen molar-refractivity contribution in [3.05, 3.63) is 185 Å². The lowest BCUT2D eigenvalue weighted by Gasteiger charge is -2.26. The molecule has 5 aromatic carbocycles. The first-order valence-electron chi connectivity index (χ1n) is 13.3. The first kappa shape index (κ1) is 24.5. The SMILES string of the molecule is OCC1=C(c2ccccc2)C(c2ccccc2)=C(c2ccccc2)C(c2ccccc2)C(c2ccccc2)=N1. The Hall–Kier alpha value is -4.79. The normalized spacial score (nSPS) is 15.6. The van der Waals surface area contributed by atoms with Gasteiger partial charge in [0.05, 0.1) is 23.9 Å². The van der Waals surface area contributed by atoms with E-state index in [0.29, 0.717) is 5.70 Å². The first-order valence-corrected chi connectivity index (χ1v) is 13.3. The average Bonchev–Trinajstić information content (AvgIpc) is 3.18. The summed E-state index contributed by atoms with van der Waals surface area (Å²) in [6.45, 7) is -0.180. The number of aliphatic hydroxyl groups excluding tert-OH is 1. The summed E-state index contributed by atoms with van der Waals surface area (Å²) in [4.78, 5) is 5.34. The van der Waals surface area contributed by atoms with Crippen LogP contribution in [-0.2, 0) is 0 Å². The fraction of sp³-hybridized carbons (Fsp3) is 0.0541. The van der Waals surface area contributed by atoms with Crippen LogP contribution in [0.15, 0.2) is 162 Å². The molecule has 1 N–H and O–H groups in total. The Morgan fingerprint density at radius 3 is 1.36 bits per heavy atom. The summed E-state index contributed by atoms with van der Waals surface area (Å²) < 4.78 is 0. The van der Waals surface area contributed by atoms with Crippen LogP contribution in [-0.4, -0.2) is 17.4 Å². The van der Waals surface area contributed by atoms with Crippen LogP contribution < -0.4 is 0 Å². The summed E-state index contributed by atoms with van der Waals surface area (Å²) >= 11 is 0. The van der Waals surface area contributed by atoms with Crippen LogP contribution in [0.5, 0.6) is 0 Å². The minimum atomic E-state index is -0.180. The molecule has 1 atom stereocenters. The lowest BCUT2D eigenvalue weighted by atomic mass is 9.75. The molecule has 0 aromatic heterocycles. The van der Waals surface area contributed by atoms with Gasteiger partial charge in [0, 0.05) is 5.57 Å². The van der Waals surface area contributed by atoms with Crippen LogP contribution in [0.2, 0.25) is 0 Å². The molecule has 0 saturated heterocycles. The summed E-state index contributed by atoms with van der Waals surface area (Å²) in [5.41, 5.74) is 10.2. The summed E-state index contributed by atoms with van der Waals surface area (Å²) in [7, 11) is 0. The van der Waals surface area contributed by atoms with Gasteiger partial charge in [-0.3, -0.25) is 4.99 Å². The minimum Gasteiger partial charge on any atom is -0.390 e. The second-order valence-electron chi connectivity index (χ2n) is 9.57. The Labute approximate surface area is 230 Å². The maximum Gasteiger partial charge on any atom is 0.0859 e. The lowest BCUT2D eigenvalue weighted by molar-refractivity contribution is 0.331. The van der Waals surface area contributed by atoms with Gasteiger partial charge in [0.1, 0.15) is 0 Å². The van der Waals surface area contributed by atoms with Crippen LogP contribution in [0.25, 0.3) is 16.7 Å². The zero-order valence-electron chi connectivity index (χ0n) is 21.6. The highest BCUT2D eigenvalue weighted by molar-refractivity contribution is 6.25. The molecule has 0 amide bonds. The van der Waals surface area contributed by atoms with Gasteiger partial charge < -0.3 is 5.11 Å². The van der Waals surface area contributed by atoms with Gasteiger partial charge in [0.15, 0.2) is 0 Å². The number of hydrogen-bond donors (Lipinski definition) is 1. The third kappa shape index (κ3) is 4.90. The van der Waals surface area contributed by atoms with Crippen molar-refractivity contribution >= 4 is 22.4 Å². The predicted octanol–water partition coefficient (Wildman–Crippen LogP) is 8.29. The van der Waals surface area contributed by atoms with Crippen molar-refractivity contribution < 1.29 is 5.11 Å². The molecule has 0 spiro atoms. The van der Waals surface area contributed by atoms with Crippen molar-refractivity contribution in [2.24, 2.45) is 4.99 Å². The van der Waals surface area contributed by atoms with Crippen LogP contribution in [0.4, 0.5) is 0 Å². The zero-order valence-corrected chi connectivity index (χ0v) is 21.6. The van der Waals surface area contributed by atoms with Crippen molar-refractivity contribution in [1.29, 1.82) is 0 Å². The Balaban J connectivity index is 1.82. The van der Waals surface area contributed by atoms with Gasteiger partial charge in [-0.2, -0.15) is 0 Å². The maximum absolute atomic E-state index is 10.9. The van der Waals surface area contributed by atoms with Gasteiger partial charge in [-0.15, -0.1) is 0 Å². The number of allylic oxidation sites excluding steroid dienone is 3. The molecule has 1 aliphatic rings. The second-order valence-corrected chi connectivity index (χ2v) is 9.57. The molecule has 2 heteroatoms. The van der Waals surface area contributed by atoms with Gasteiger partial charge in [0.2, 0.25) is 0 Å². The first-order chi connectivity index (χ1) is 19.3. The molecule has 6 rings (SSSR count). The highest BCUT2D eigenvalue weighted by Gasteiger charge is 2.33. The summed E-state index contributed by atoms with van der Waals surface area (Å²) in [5, 5.41) is 10.9. The van der Waals surface area contributed by atoms with Gasteiger partial charge in [0.25, 0.3) is 0 Å². The molecule has 0 saturated carbocycles. The van der Waals surface area contributed by atoms with E-state index in [2.05, 4.69) is 121 Å². The van der Waals surface area contributed by atoms with E-state index in [0.717, 1.165) is 50.2 Å². The number of hydrogen-bond acceptors (Lipinski definition) is 2. The van der Waals surface area contributed by atoms with Gasteiger partial charge >= 0.3 is 0 Å². The molecule has 5 aromatic rings. The minimum absolute atomic E-state index is 0.172. The number of benzene rings is 5. The highest BCUT2D eigenvalue weighted by atomic mass is 16.3. The Bertz CT molecular complexity index is 1640. The van der Waals surface area contributed by atoms with E-state index in [1.165, 1.54) is 0 Å². The van der Waals surface area contributed by atoms with Crippen LogP contribution in [0, 0.1) is 0 Å². The number of nitrogens with zero attached hydrogens (tertiary/aromatic N) is 1. The standard InChI is InChI=1S/C37H29NO/c39-26-32-33(27-16-6-1-7-17-27)34(28-18-8-2-9-19-28)35(29-20-10-3-11-21-29)36(30-22-12-4-13-23-30)37(38-32)31-24-14-5-15-25-31/h1-25,36,39H,26H2. The molecule has 188 valence electrons. The molecule has 39 heavy (non-hydrogen) atoms. The molecule has 0 radical (unpaired) electrons. The van der Waals surface area contributed by atoms with Gasteiger partial charge in [-0.05, 0) is 39.0 Å². The number of aliphatic imine (C=N–C) groups is 1. The maximum atomic E-state index is 10.9. The van der Waals surface area contributed by atoms with Crippen LogP contribution >= 0.6 is 0 Å². The molecule has 0 bridgehead atoms. The van der Waals surface area contributed by atoms with Crippen LogP contribution in [0.3, 0.4) is 0 Å². The molecule has 1 unspecified atom stereocenters. The molecular weight excluding hydrogens is 474 g/mol. The average molecular weight is 504 g/mol. The topological polar surface area (TPSA) is 32.6 Å². The van der Waals surface area contributed by atoms with E-state index in [1.54, 1.807) is 0 Å². The van der Waals surface area contributed by atoms with Crippen molar-refractivity contribution in [3.8, 4) is 0 Å². The Kier molecular flexibility index (Phi) is 7.11. The van der Waals surface area contributed by atoms with Crippen molar-refractivity contribution in [2.45, 2.75) is 5.92 Å². The van der Waals surface area contributed by atoms with Crippen molar-refractivity contribution in [3.63, 3.8) is 0 Å². The third-order valence-corrected chi connectivity index (χ3v) is 7.19. The van der Waals surface area contributed by atoms with Crippen molar-refractivity contribution in [2.75, 3.05) is 6.61 Å². The van der Waals surface area contributed by atoms with Crippen LogP contribution in [0.1, 0.15) is 33.7 Å². The lowest BCUT2D eigenvalue weighted by Crippen LogP contribution is -2.17. The summed E-state index contributed by atoms with van der Waals surface area (Å²) in [5.74, 6) is -0.172. The van der Waals surface area contributed by atoms with E-state index in [4.69, 9.17) is 4.99 Å². The van der Waals surface area contributed by atoms with E-state index in [9.17, 15) is 5.11 Å². The molecule has 0 aliphatic carbocycles. The number of aliphatic hydroxyl groups is 1. The highest BCUT2D eigenvalue weighted by Crippen LogP contribution is 2.49. The van der Waals surface area contributed by atoms with Gasteiger partial charge in [-0.25, -0.2) is 0 Å². The third-order valence-electron chi connectivity index (χ3n) is 7.19. The molecule has 1 heterocycles. The smallest absolute Gasteiger partial charge is 0.0859 e. The molecule has 0 fully saturated rings.